The highest BCUT2D eigenvalue weighted by atomic mass is 16.5. The highest BCUT2D eigenvalue weighted by Gasteiger charge is 2.12. The monoisotopic (exact) mass is 325 g/mol. The van der Waals surface area contributed by atoms with Crippen molar-refractivity contribution in [3.63, 3.8) is 0 Å². The topological polar surface area (TPSA) is 44.4 Å². The fourth-order valence-electron chi connectivity index (χ4n) is 2.80. The van der Waals surface area contributed by atoms with Crippen molar-refractivity contribution in [2.75, 3.05) is 6.61 Å². The van der Waals surface area contributed by atoms with Crippen LogP contribution in [0.3, 0.4) is 0 Å². The molecular formula is C20H23NO3. The maximum absolute atomic E-state index is 12.2. The SMILES string of the molecule is CCCCCOc1ccccc1Cn1c(=O)oc2ccc(C)cc21. The van der Waals surface area contributed by atoms with Crippen LogP contribution in [0, 0.1) is 6.92 Å². The average molecular weight is 325 g/mol. The van der Waals surface area contributed by atoms with Gasteiger partial charge in [0.05, 0.1) is 18.7 Å². The number of nitrogens with zero attached hydrogens (tertiary/aromatic N) is 1. The molecule has 1 aromatic heterocycles. The van der Waals surface area contributed by atoms with Gasteiger partial charge in [-0.1, -0.05) is 44.0 Å². The summed E-state index contributed by atoms with van der Waals surface area (Å²) >= 11 is 0. The number of oxazole rings is 1. The third-order valence-corrected chi connectivity index (χ3v) is 4.13. The molecule has 1 heterocycles. The Kier molecular flexibility index (Phi) is 5.04. The molecule has 3 rings (SSSR count). The summed E-state index contributed by atoms with van der Waals surface area (Å²) in [7, 11) is 0. The van der Waals surface area contributed by atoms with Crippen molar-refractivity contribution in [1.82, 2.24) is 4.57 Å². The van der Waals surface area contributed by atoms with Crippen molar-refractivity contribution in [3.8, 4) is 5.75 Å². The van der Waals surface area contributed by atoms with Gasteiger partial charge < -0.3 is 9.15 Å². The molecule has 0 aliphatic carbocycles. The number of unbranched alkanes of at least 4 members (excludes halogenated alkanes) is 2. The van der Waals surface area contributed by atoms with Crippen LogP contribution in [-0.2, 0) is 6.54 Å². The summed E-state index contributed by atoms with van der Waals surface area (Å²) in [6.45, 7) is 5.32. The molecular weight excluding hydrogens is 302 g/mol. The van der Waals surface area contributed by atoms with E-state index in [0.29, 0.717) is 18.7 Å². The number of benzene rings is 2. The Morgan fingerprint density at radius 2 is 1.96 bits per heavy atom. The van der Waals surface area contributed by atoms with E-state index in [1.165, 1.54) is 6.42 Å². The lowest BCUT2D eigenvalue weighted by Crippen LogP contribution is -2.15. The standard InChI is InChI=1S/C20H23NO3/c1-3-4-7-12-23-18-9-6-5-8-16(18)14-21-17-13-15(2)10-11-19(17)24-20(21)22/h5-6,8-11,13H,3-4,7,12,14H2,1-2H3. The van der Waals surface area contributed by atoms with Crippen molar-refractivity contribution in [1.29, 1.82) is 0 Å². The van der Waals surface area contributed by atoms with E-state index in [1.54, 1.807) is 4.57 Å². The first kappa shape index (κ1) is 16.4. The Balaban J connectivity index is 1.88. The number of hydrogen-bond acceptors (Lipinski definition) is 3. The fraction of sp³-hybridized carbons (Fsp3) is 0.350. The Morgan fingerprint density at radius 1 is 1.12 bits per heavy atom. The lowest BCUT2D eigenvalue weighted by atomic mass is 10.2. The van der Waals surface area contributed by atoms with E-state index in [1.807, 2.05) is 49.4 Å². The summed E-state index contributed by atoms with van der Waals surface area (Å²) in [6, 6.07) is 13.6. The van der Waals surface area contributed by atoms with Gasteiger partial charge in [-0.15, -0.1) is 0 Å². The molecule has 0 aliphatic rings. The Labute approximate surface area is 141 Å². The van der Waals surface area contributed by atoms with Gasteiger partial charge in [-0.3, -0.25) is 4.57 Å². The molecule has 0 saturated carbocycles. The van der Waals surface area contributed by atoms with Gasteiger partial charge in [0.15, 0.2) is 5.58 Å². The van der Waals surface area contributed by atoms with E-state index in [4.69, 9.17) is 9.15 Å². The number of fused-ring (bicyclic) bond motifs is 1. The van der Waals surface area contributed by atoms with Gasteiger partial charge in [0, 0.05) is 5.56 Å². The molecule has 24 heavy (non-hydrogen) atoms. The number of rotatable bonds is 7. The number of hydrogen-bond donors (Lipinski definition) is 0. The van der Waals surface area contributed by atoms with Crippen LogP contribution in [0.15, 0.2) is 51.7 Å². The average Bonchev–Trinajstić information content (AvgIpc) is 2.88. The van der Waals surface area contributed by atoms with Gasteiger partial charge in [-0.2, -0.15) is 0 Å². The van der Waals surface area contributed by atoms with E-state index in [0.717, 1.165) is 35.2 Å². The quantitative estimate of drug-likeness (QED) is 0.600. The predicted molar refractivity (Wildman–Crippen MR) is 95.8 cm³/mol. The highest BCUT2D eigenvalue weighted by Crippen LogP contribution is 2.22. The van der Waals surface area contributed by atoms with Gasteiger partial charge in [-0.25, -0.2) is 4.79 Å². The Bertz CT molecular complexity index is 876. The maximum Gasteiger partial charge on any atom is 0.420 e. The van der Waals surface area contributed by atoms with Crippen molar-refractivity contribution >= 4 is 11.1 Å². The molecule has 0 spiro atoms. The minimum atomic E-state index is -0.337. The molecule has 3 aromatic rings. The summed E-state index contributed by atoms with van der Waals surface area (Å²) in [5, 5.41) is 0. The third-order valence-electron chi connectivity index (χ3n) is 4.13. The second-order valence-electron chi connectivity index (χ2n) is 6.09. The predicted octanol–water partition coefficient (Wildman–Crippen LogP) is 4.52. The lowest BCUT2D eigenvalue weighted by molar-refractivity contribution is 0.302. The third kappa shape index (κ3) is 3.53. The largest absolute Gasteiger partial charge is 0.493 e. The Hall–Kier alpha value is -2.49. The van der Waals surface area contributed by atoms with Crippen molar-refractivity contribution in [2.45, 2.75) is 39.7 Å². The summed E-state index contributed by atoms with van der Waals surface area (Å²) in [5.41, 5.74) is 3.52. The van der Waals surface area contributed by atoms with Crippen LogP contribution < -0.4 is 10.5 Å². The molecule has 0 amide bonds. The normalized spacial score (nSPS) is 11.1. The molecule has 126 valence electrons. The van der Waals surface area contributed by atoms with E-state index in [9.17, 15) is 4.79 Å². The molecule has 0 aliphatic heterocycles. The van der Waals surface area contributed by atoms with Crippen LogP contribution >= 0.6 is 0 Å². The maximum atomic E-state index is 12.2. The van der Waals surface area contributed by atoms with Gasteiger partial charge in [-0.05, 0) is 37.1 Å². The number of ether oxygens (including phenoxy) is 1. The summed E-state index contributed by atoms with van der Waals surface area (Å²) in [6.07, 6.45) is 3.37. The molecule has 2 aromatic carbocycles. The zero-order valence-electron chi connectivity index (χ0n) is 14.2. The molecule has 4 heteroatoms. The molecule has 0 atom stereocenters. The smallest absolute Gasteiger partial charge is 0.420 e. The van der Waals surface area contributed by atoms with E-state index < -0.39 is 0 Å². The number of aromatic nitrogens is 1. The van der Waals surface area contributed by atoms with E-state index in [-0.39, 0.29) is 5.76 Å². The number of aryl methyl sites for hydroxylation is 1. The lowest BCUT2D eigenvalue weighted by Gasteiger charge is -2.11. The van der Waals surface area contributed by atoms with E-state index >= 15 is 0 Å². The second-order valence-corrected chi connectivity index (χ2v) is 6.09. The zero-order valence-corrected chi connectivity index (χ0v) is 14.2. The van der Waals surface area contributed by atoms with Gasteiger partial charge in [0.2, 0.25) is 0 Å². The van der Waals surface area contributed by atoms with Crippen LogP contribution in [0.4, 0.5) is 0 Å². The molecule has 4 nitrogen and oxygen atoms in total. The van der Waals surface area contributed by atoms with Crippen LogP contribution in [0.2, 0.25) is 0 Å². The highest BCUT2D eigenvalue weighted by molar-refractivity contribution is 5.73. The van der Waals surface area contributed by atoms with Crippen LogP contribution in [0.1, 0.15) is 37.3 Å². The van der Waals surface area contributed by atoms with Crippen molar-refractivity contribution < 1.29 is 9.15 Å². The minimum Gasteiger partial charge on any atom is -0.493 e. The second kappa shape index (κ2) is 7.39. The van der Waals surface area contributed by atoms with Crippen molar-refractivity contribution in [3.05, 3.63) is 64.1 Å². The van der Waals surface area contributed by atoms with Gasteiger partial charge >= 0.3 is 5.76 Å². The minimum absolute atomic E-state index is 0.337. The molecule has 0 N–H and O–H groups in total. The molecule has 0 radical (unpaired) electrons. The van der Waals surface area contributed by atoms with Crippen LogP contribution in [-0.4, -0.2) is 11.2 Å². The number of para-hydroxylation sites is 1. The Morgan fingerprint density at radius 3 is 2.79 bits per heavy atom. The van der Waals surface area contributed by atoms with Gasteiger partial charge in [0.25, 0.3) is 0 Å². The first-order valence-electron chi connectivity index (χ1n) is 8.49. The zero-order chi connectivity index (χ0) is 16.9. The summed E-state index contributed by atoms with van der Waals surface area (Å²) < 4.78 is 12.9. The molecule has 0 saturated heterocycles. The fourth-order valence-corrected chi connectivity index (χ4v) is 2.80. The molecule has 0 unspecified atom stereocenters. The summed E-state index contributed by atoms with van der Waals surface area (Å²) in [5.74, 6) is 0.499. The van der Waals surface area contributed by atoms with Crippen molar-refractivity contribution in [2.24, 2.45) is 0 Å². The van der Waals surface area contributed by atoms with Gasteiger partial charge in [0.1, 0.15) is 5.75 Å². The van der Waals surface area contributed by atoms with Crippen LogP contribution in [0.25, 0.3) is 11.1 Å². The first-order chi connectivity index (χ1) is 11.7. The first-order valence-corrected chi connectivity index (χ1v) is 8.49. The summed E-state index contributed by atoms with van der Waals surface area (Å²) in [4.78, 5) is 12.2. The molecule has 0 fully saturated rings. The van der Waals surface area contributed by atoms with E-state index in [2.05, 4.69) is 6.92 Å². The van der Waals surface area contributed by atoms with Crippen LogP contribution in [0.5, 0.6) is 5.75 Å². The molecule has 0 bridgehead atoms.